The Hall–Kier alpha value is -3.22. The summed E-state index contributed by atoms with van der Waals surface area (Å²) in [4.78, 5) is 16.1. The summed E-state index contributed by atoms with van der Waals surface area (Å²) in [6.45, 7) is -0.130. The normalized spacial score (nSPS) is 10.5. The van der Waals surface area contributed by atoms with Gasteiger partial charge < -0.3 is 14.5 Å². The molecule has 0 spiro atoms. The highest BCUT2D eigenvalue weighted by atomic mass is 19.2. The molecule has 0 unspecified atom stereocenters. The zero-order valence-electron chi connectivity index (χ0n) is 13.3. The van der Waals surface area contributed by atoms with Crippen LogP contribution in [-0.2, 0) is 6.54 Å². The van der Waals surface area contributed by atoms with Crippen molar-refractivity contribution in [3.05, 3.63) is 71.8 Å². The molecule has 3 aromatic rings. The van der Waals surface area contributed by atoms with Crippen LogP contribution in [0.2, 0.25) is 0 Å². The standard InChI is InChI=1S/C18H14F2N2O3/c1-24-15-7-11(5-6-13(15)16-9-21-10-25-16)18(23)22-8-12-3-2-4-14(19)17(12)20/h2-7,9-10H,8H2,1H3,(H,22,23). The van der Waals surface area contributed by atoms with Gasteiger partial charge in [0.15, 0.2) is 23.8 Å². The molecule has 0 radical (unpaired) electrons. The Balaban J connectivity index is 1.77. The van der Waals surface area contributed by atoms with E-state index >= 15 is 0 Å². The molecule has 2 aromatic carbocycles. The molecule has 0 bridgehead atoms. The molecule has 0 saturated heterocycles. The Bertz CT molecular complexity index is 895. The molecular weight excluding hydrogens is 330 g/mol. The molecule has 0 fully saturated rings. The van der Waals surface area contributed by atoms with Crippen molar-refractivity contribution in [2.24, 2.45) is 0 Å². The maximum atomic E-state index is 13.6. The lowest BCUT2D eigenvalue weighted by molar-refractivity contribution is 0.0950. The van der Waals surface area contributed by atoms with E-state index in [9.17, 15) is 13.6 Å². The average Bonchev–Trinajstić information content (AvgIpc) is 3.16. The highest BCUT2D eigenvalue weighted by Crippen LogP contribution is 2.30. The molecule has 0 aliphatic heterocycles. The molecule has 0 aliphatic rings. The number of carbonyl (C=O) groups excluding carboxylic acids is 1. The first kappa shape index (κ1) is 16.6. The van der Waals surface area contributed by atoms with Gasteiger partial charge in [0.25, 0.3) is 5.91 Å². The molecule has 0 aliphatic carbocycles. The number of benzene rings is 2. The summed E-state index contributed by atoms with van der Waals surface area (Å²) in [5.74, 6) is -1.43. The van der Waals surface area contributed by atoms with Crippen LogP contribution < -0.4 is 10.1 Å². The third-order valence-electron chi connectivity index (χ3n) is 3.63. The number of rotatable bonds is 5. The van der Waals surface area contributed by atoms with Gasteiger partial charge in [-0.2, -0.15) is 0 Å². The number of hydrogen-bond donors (Lipinski definition) is 1. The topological polar surface area (TPSA) is 64.4 Å². The molecule has 1 heterocycles. The minimum Gasteiger partial charge on any atom is -0.496 e. The van der Waals surface area contributed by atoms with Crippen molar-refractivity contribution in [2.75, 3.05) is 7.11 Å². The maximum absolute atomic E-state index is 13.6. The summed E-state index contributed by atoms with van der Waals surface area (Å²) in [6.07, 6.45) is 2.83. The molecule has 0 saturated carbocycles. The van der Waals surface area contributed by atoms with Crippen molar-refractivity contribution >= 4 is 5.91 Å². The fraction of sp³-hybridized carbons (Fsp3) is 0.111. The van der Waals surface area contributed by atoms with Gasteiger partial charge in [0.1, 0.15) is 5.75 Å². The van der Waals surface area contributed by atoms with E-state index in [1.165, 1.54) is 37.9 Å². The lowest BCUT2D eigenvalue weighted by Crippen LogP contribution is -2.23. The van der Waals surface area contributed by atoms with Gasteiger partial charge in [-0.1, -0.05) is 12.1 Å². The lowest BCUT2D eigenvalue weighted by Gasteiger charge is -2.10. The van der Waals surface area contributed by atoms with Gasteiger partial charge >= 0.3 is 0 Å². The second kappa shape index (κ2) is 7.12. The summed E-state index contributed by atoms with van der Waals surface area (Å²) in [7, 11) is 1.47. The first-order chi connectivity index (χ1) is 12.1. The van der Waals surface area contributed by atoms with Crippen LogP contribution in [0.25, 0.3) is 11.3 Å². The Morgan fingerprint density at radius 2 is 2.12 bits per heavy atom. The Labute approximate surface area is 142 Å². The molecule has 7 heteroatoms. The fourth-order valence-electron chi connectivity index (χ4n) is 2.35. The lowest BCUT2D eigenvalue weighted by atomic mass is 10.1. The number of halogens is 2. The SMILES string of the molecule is COc1cc(C(=O)NCc2cccc(F)c2F)ccc1-c1cnco1. The van der Waals surface area contributed by atoms with E-state index in [4.69, 9.17) is 9.15 Å². The highest BCUT2D eigenvalue weighted by molar-refractivity contribution is 5.95. The molecule has 1 amide bonds. The van der Waals surface area contributed by atoms with E-state index in [-0.39, 0.29) is 12.1 Å². The molecule has 128 valence electrons. The largest absolute Gasteiger partial charge is 0.496 e. The van der Waals surface area contributed by atoms with Crippen LogP contribution in [0.15, 0.2) is 53.4 Å². The fourth-order valence-corrected chi connectivity index (χ4v) is 2.35. The van der Waals surface area contributed by atoms with Crippen molar-refractivity contribution in [1.29, 1.82) is 0 Å². The Kier molecular flexibility index (Phi) is 4.74. The summed E-state index contributed by atoms with van der Waals surface area (Å²) in [5, 5.41) is 2.55. The number of aromatic nitrogens is 1. The van der Waals surface area contributed by atoms with Crippen molar-refractivity contribution in [3.63, 3.8) is 0 Å². The Morgan fingerprint density at radius 1 is 1.28 bits per heavy atom. The quantitative estimate of drug-likeness (QED) is 0.769. The van der Waals surface area contributed by atoms with E-state index in [1.807, 2.05) is 0 Å². The molecule has 25 heavy (non-hydrogen) atoms. The second-order valence-corrected chi connectivity index (χ2v) is 5.18. The van der Waals surface area contributed by atoms with E-state index in [2.05, 4.69) is 10.3 Å². The number of carbonyl (C=O) groups is 1. The molecule has 3 rings (SSSR count). The number of oxazole rings is 1. The second-order valence-electron chi connectivity index (χ2n) is 5.18. The van der Waals surface area contributed by atoms with E-state index < -0.39 is 17.5 Å². The summed E-state index contributed by atoms with van der Waals surface area (Å²) < 4.78 is 37.3. The van der Waals surface area contributed by atoms with Gasteiger partial charge in [-0.3, -0.25) is 4.79 Å². The highest BCUT2D eigenvalue weighted by Gasteiger charge is 2.14. The zero-order chi connectivity index (χ0) is 17.8. The van der Waals surface area contributed by atoms with Gasteiger partial charge in [-0.15, -0.1) is 0 Å². The van der Waals surface area contributed by atoms with Crippen LogP contribution in [0.1, 0.15) is 15.9 Å². The van der Waals surface area contributed by atoms with Crippen LogP contribution in [0.4, 0.5) is 8.78 Å². The first-order valence-electron chi connectivity index (χ1n) is 7.38. The van der Waals surface area contributed by atoms with E-state index in [1.54, 1.807) is 12.1 Å². The summed E-state index contributed by atoms with van der Waals surface area (Å²) in [5.41, 5.74) is 1.03. The van der Waals surface area contributed by atoms with Crippen LogP contribution in [0.3, 0.4) is 0 Å². The van der Waals surface area contributed by atoms with Gasteiger partial charge in [0.05, 0.1) is 18.9 Å². The average molecular weight is 344 g/mol. The molecule has 1 N–H and O–H groups in total. The third-order valence-corrected chi connectivity index (χ3v) is 3.63. The molecular formula is C18H14F2N2O3. The molecule has 1 aromatic heterocycles. The maximum Gasteiger partial charge on any atom is 0.251 e. The molecule has 0 atom stereocenters. The Morgan fingerprint density at radius 3 is 2.84 bits per heavy atom. The predicted molar refractivity (Wildman–Crippen MR) is 86.0 cm³/mol. The van der Waals surface area contributed by atoms with Gasteiger partial charge in [0, 0.05) is 17.7 Å². The predicted octanol–water partition coefficient (Wildman–Crippen LogP) is 3.56. The first-order valence-corrected chi connectivity index (χ1v) is 7.38. The smallest absolute Gasteiger partial charge is 0.251 e. The monoisotopic (exact) mass is 344 g/mol. The van der Waals surface area contributed by atoms with Crippen LogP contribution in [0, 0.1) is 11.6 Å². The van der Waals surface area contributed by atoms with Crippen molar-refractivity contribution < 1.29 is 22.7 Å². The number of hydrogen-bond acceptors (Lipinski definition) is 4. The minimum absolute atomic E-state index is 0.0681. The third kappa shape index (κ3) is 3.50. The minimum atomic E-state index is -0.971. The van der Waals surface area contributed by atoms with Crippen LogP contribution >= 0.6 is 0 Å². The van der Waals surface area contributed by atoms with Crippen LogP contribution in [-0.4, -0.2) is 18.0 Å². The number of nitrogens with zero attached hydrogens (tertiary/aromatic N) is 1. The van der Waals surface area contributed by atoms with Gasteiger partial charge in [0.2, 0.25) is 0 Å². The number of amides is 1. The van der Waals surface area contributed by atoms with Crippen molar-refractivity contribution in [2.45, 2.75) is 6.54 Å². The van der Waals surface area contributed by atoms with Gasteiger partial charge in [-0.25, -0.2) is 13.8 Å². The summed E-state index contributed by atoms with van der Waals surface area (Å²) in [6, 6.07) is 8.60. The number of methoxy groups -OCH3 is 1. The van der Waals surface area contributed by atoms with E-state index in [0.717, 1.165) is 6.07 Å². The zero-order valence-corrected chi connectivity index (χ0v) is 13.3. The summed E-state index contributed by atoms with van der Waals surface area (Å²) >= 11 is 0. The van der Waals surface area contributed by atoms with Crippen molar-refractivity contribution in [1.82, 2.24) is 10.3 Å². The van der Waals surface area contributed by atoms with Crippen LogP contribution in [0.5, 0.6) is 5.75 Å². The number of nitrogens with one attached hydrogen (secondary N) is 1. The molecule has 5 nitrogen and oxygen atoms in total. The van der Waals surface area contributed by atoms with Gasteiger partial charge in [-0.05, 0) is 24.3 Å². The van der Waals surface area contributed by atoms with Crippen molar-refractivity contribution in [3.8, 4) is 17.1 Å². The van der Waals surface area contributed by atoms with E-state index in [0.29, 0.717) is 22.6 Å². The number of ether oxygens (including phenoxy) is 1.